The van der Waals surface area contributed by atoms with Crippen molar-refractivity contribution in [3.63, 3.8) is 0 Å². The Hall–Kier alpha value is -1.26. The molecule has 0 saturated carbocycles. The minimum Gasteiger partial charge on any atom is -0.298 e. The maximum atomic E-state index is 12.6. The highest BCUT2D eigenvalue weighted by Crippen LogP contribution is 2.22. The molecule has 0 aliphatic rings. The largest absolute Gasteiger partial charge is 0.298 e. The van der Waals surface area contributed by atoms with Crippen LogP contribution < -0.4 is 5.56 Å². The number of rotatable bonds is 1. The van der Waals surface area contributed by atoms with E-state index >= 15 is 0 Å². The summed E-state index contributed by atoms with van der Waals surface area (Å²) < 4.78 is 36.7. The number of hydrogen-bond acceptors (Lipinski definition) is 1. The zero-order valence-corrected chi connectivity index (χ0v) is 6.20. The van der Waals surface area contributed by atoms with Gasteiger partial charge in [-0.3, -0.25) is 9.78 Å². The van der Waals surface area contributed by atoms with Gasteiger partial charge in [0.1, 0.15) is 0 Å². The van der Waals surface area contributed by atoms with E-state index in [0.717, 1.165) is 6.07 Å². The highest BCUT2D eigenvalue weighted by molar-refractivity contribution is 5.23. The van der Waals surface area contributed by atoms with Gasteiger partial charge >= 0.3 is 0 Å². The number of halogens is 3. The summed E-state index contributed by atoms with van der Waals surface area (Å²) in [5.74, 6) is -1.25. The van der Waals surface area contributed by atoms with Gasteiger partial charge in [0.15, 0.2) is 0 Å². The van der Waals surface area contributed by atoms with Gasteiger partial charge in [0, 0.05) is 6.07 Å². The van der Waals surface area contributed by atoms with E-state index in [9.17, 15) is 18.0 Å². The van der Waals surface area contributed by atoms with E-state index in [1.165, 1.54) is 6.92 Å². The van der Waals surface area contributed by atoms with Gasteiger partial charge in [-0.25, -0.2) is 8.78 Å². The fourth-order valence-corrected chi connectivity index (χ4v) is 0.927. The molecule has 0 aliphatic carbocycles. The normalized spacial score (nSPS) is 10.8. The third kappa shape index (κ3) is 1.49. The monoisotopic (exact) mass is 177 g/mol. The third-order valence-corrected chi connectivity index (χ3v) is 1.46. The van der Waals surface area contributed by atoms with Crippen molar-refractivity contribution in [1.82, 2.24) is 4.98 Å². The number of H-pyrrole nitrogens is 1. The van der Waals surface area contributed by atoms with Gasteiger partial charge in [-0.1, -0.05) is 0 Å². The number of pyridine rings is 1. The van der Waals surface area contributed by atoms with Crippen LogP contribution >= 0.6 is 0 Å². The molecule has 1 N–H and O–H groups in total. The smallest absolute Gasteiger partial charge is 0.268 e. The van der Waals surface area contributed by atoms with Gasteiger partial charge < -0.3 is 0 Å². The van der Waals surface area contributed by atoms with E-state index in [0.29, 0.717) is 0 Å². The average Bonchev–Trinajstić information content (AvgIpc) is 1.82. The minimum absolute atomic E-state index is 0.0359. The number of hydrogen-bond donors (Lipinski definition) is 1. The Morgan fingerprint density at radius 2 is 2.08 bits per heavy atom. The second kappa shape index (κ2) is 3.00. The van der Waals surface area contributed by atoms with Crippen LogP contribution in [-0.2, 0) is 0 Å². The van der Waals surface area contributed by atoms with Crippen LogP contribution in [0.15, 0.2) is 10.9 Å². The lowest BCUT2D eigenvalue weighted by Crippen LogP contribution is -2.11. The maximum Gasteiger partial charge on any atom is 0.268 e. The summed E-state index contributed by atoms with van der Waals surface area (Å²) in [6.45, 7) is 1.26. The molecule has 0 aliphatic heterocycles. The van der Waals surface area contributed by atoms with Gasteiger partial charge in [0.2, 0.25) is 11.5 Å². The average molecular weight is 177 g/mol. The predicted octanol–water partition coefficient (Wildman–Crippen LogP) is 1.76. The van der Waals surface area contributed by atoms with E-state index in [1.54, 1.807) is 4.98 Å². The molecule has 2 nitrogen and oxygen atoms in total. The molecule has 0 fully saturated rings. The van der Waals surface area contributed by atoms with Crippen LogP contribution in [0.2, 0.25) is 0 Å². The molecule has 0 unspecified atom stereocenters. The Bertz CT molecular complexity index is 319. The Kier molecular flexibility index (Phi) is 2.21. The van der Waals surface area contributed by atoms with Crippen molar-refractivity contribution in [2.75, 3.05) is 0 Å². The van der Waals surface area contributed by atoms with Gasteiger partial charge in [0.05, 0.1) is 5.56 Å². The summed E-state index contributed by atoms with van der Waals surface area (Å²) >= 11 is 0. The number of aromatic nitrogens is 1. The lowest BCUT2D eigenvalue weighted by Gasteiger charge is -2.03. The van der Waals surface area contributed by atoms with E-state index in [4.69, 9.17) is 0 Å². The van der Waals surface area contributed by atoms with E-state index < -0.39 is 23.5 Å². The van der Waals surface area contributed by atoms with Crippen molar-refractivity contribution >= 4 is 0 Å². The lowest BCUT2D eigenvalue weighted by molar-refractivity contribution is 0.144. The highest BCUT2D eigenvalue weighted by Gasteiger charge is 2.16. The summed E-state index contributed by atoms with van der Waals surface area (Å²) in [5, 5.41) is 0. The SMILES string of the molecule is Cc1cc(=O)[nH]c(F)c1C(F)F. The highest BCUT2D eigenvalue weighted by atomic mass is 19.3. The van der Waals surface area contributed by atoms with Gasteiger partial charge in [-0.2, -0.15) is 4.39 Å². The van der Waals surface area contributed by atoms with Crippen molar-refractivity contribution in [1.29, 1.82) is 0 Å². The van der Waals surface area contributed by atoms with Crippen LogP contribution in [0.4, 0.5) is 13.2 Å². The first-order chi connectivity index (χ1) is 5.52. The van der Waals surface area contributed by atoms with E-state index in [-0.39, 0.29) is 5.56 Å². The van der Waals surface area contributed by atoms with Crippen LogP contribution in [0.25, 0.3) is 0 Å². The summed E-state index contributed by atoms with van der Waals surface area (Å²) in [6.07, 6.45) is -2.90. The quantitative estimate of drug-likeness (QED) is 0.651. The van der Waals surface area contributed by atoms with Crippen LogP contribution in [-0.4, -0.2) is 4.98 Å². The number of aryl methyl sites for hydroxylation is 1. The summed E-state index contributed by atoms with van der Waals surface area (Å²) in [5.41, 5.74) is -1.49. The number of alkyl halides is 2. The molecular weight excluding hydrogens is 171 g/mol. The van der Waals surface area contributed by atoms with Crippen molar-refractivity contribution in [3.05, 3.63) is 33.5 Å². The molecule has 1 aromatic rings. The zero-order valence-electron chi connectivity index (χ0n) is 6.20. The molecule has 1 aromatic heterocycles. The molecule has 0 bridgehead atoms. The third-order valence-electron chi connectivity index (χ3n) is 1.46. The molecule has 0 amide bonds. The maximum absolute atomic E-state index is 12.6. The molecule has 1 heterocycles. The Morgan fingerprint density at radius 3 is 2.50 bits per heavy atom. The first kappa shape index (κ1) is 8.83. The molecule has 0 spiro atoms. The summed E-state index contributed by atoms with van der Waals surface area (Å²) in [6, 6.07) is 0.935. The standard InChI is InChI=1S/C7H6F3NO/c1-3-2-4(12)11-7(10)5(3)6(8)9/h2,6H,1H3,(H,11,12). The molecule has 1 rings (SSSR count). The second-order valence-corrected chi connectivity index (χ2v) is 2.34. The lowest BCUT2D eigenvalue weighted by atomic mass is 10.1. The van der Waals surface area contributed by atoms with Crippen LogP contribution in [0.1, 0.15) is 17.6 Å². The van der Waals surface area contributed by atoms with Crippen LogP contribution in [0.5, 0.6) is 0 Å². The van der Waals surface area contributed by atoms with E-state index in [1.807, 2.05) is 0 Å². The molecule has 12 heavy (non-hydrogen) atoms. The zero-order chi connectivity index (χ0) is 9.30. The molecule has 5 heteroatoms. The molecule has 0 radical (unpaired) electrons. The van der Waals surface area contributed by atoms with Crippen LogP contribution in [0.3, 0.4) is 0 Å². The number of aromatic amines is 1. The molecule has 0 saturated heterocycles. The Balaban J connectivity index is 3.38. The molecule has 66 valence electrons. The van der Waals surface area contributed by atoms with Crippen LogP contribution in [0, 0.1) is 12.9 Å². The fraction of sp³-hybridized carbons (Fsp3) is 0.286. The van der Waals surface area contributed by atoms with Crippen molar-refractivity contribution < 1.29 is 13.2 Å². The van der Waals surface area contributed by atoms with Gasteiger partial charge in [0.25, 0.3) is 6.43 Å². The predicted molar refractivity (Wildman–Crippen MR) is 36.7 cm³/mol. The summed E-state index contributed by atoms with van der Waals surface area (Å²) in [7, 11) is 0. The summed E-state index contributed by atoms with van der Waals surface area (Å²) in [4.78, 5) is 12.2. The van der Waals surface area contributed by atoms with Crippen molar-refractivity contribution in [2.24, 2.45) is 0 Å². The minimum atomic E-state index is -2.90. The fourth-order valence-electron chi connectivity index (χ4n) is 0.927. The molecule has 0 atom stereocenters. The van der Waals surface area contributed by atoms with Gasteiger partial charge in [-0.15, -0.1) is 0 Å². The van der Waals surface area contributed by atoms with E-state index in [2.05, 4.69) is 0 Å². The van der Waals surface area contributed by atoms with Gasteiger partial charge in [-0.05, 0) is 12.5 Å². The first-order valence-electron chi connectivity index (χ1n) is 3.20. The first-order valence-corrected chi connectivity index (χ1v) is 3.20. The number of nitrogens with one attached hydrogen (secondary N) is 1. The Morgan fingerprint density at radius 1 is 1.50 bits per heavy atom. The molecular formula is C7H6F3NO. The topological polar surface area (TPSA) is 32.9 Å². The molecule has 0 aromatic carbocycles. The van der Waals surface area contributed by atoms with Crippen molar-refractivity contribution in [2.45, 2.75) is 13.3 Å². The second-order valence-electron chi connectivity index (χ2n) is 2.34. The van der Waals surface area contributed by atoms with Crippen molar-refractivity contribution in [3.8, 4) is 0 Å². The Labute approximate surface area is 66.0 Å².